The Morgan fingerprint density at radius 2 is 1.46 bits per heavy atom. The second kappa shape index (κ2) is 5.15. The summed E-state index contributed by atoms with van der Waals surface area (Å²) in [6.45, 7) is 15.4. The van der Waals surface area contributed by atoms with Crippen molar-refractivity contribution in [3.05, 3.63) is 35.4 Å². The highest BCUT2D eigenvalue weighted by Gasteiger charge is 2.72. The third kappa shape index (κ3) is 1.94. The van der Waals surface area contributed by atoms with Crippen LogP contribution in [0.4, 0.5) is 0 Å². The molecule has 0 saturated carbocycles. The van der Waals surface area contributed by atoms with E-state index in [0.29, 0.717) is 23.8 Å². The smallest absolute Gasteiger partial charge is 0.240 e. The van der Waals surface area contributed by atoms with Crippen LogP contribution in [0.25, 0.3) is 0 Å². The van der Waals surface area contributed by atoms with Crippen molar-refractivity contribution < 1.29 is 14.6 Å². The predicted octanol–water partition coefficient (Wildman–Crippen LogP) is 0.658. The minimum Gasteiger partial charge on any atom is -0.297 e. The fraction of sp³-hybridized carbons (Fsp3) is 0.667. The van der Waals surface area contributed by atoms with Crippen LogP contribution in [-0.2, 0) is 4.79 Å². The zero-order valence-electron chi connectivity index (χ0n) is 15.8. The average molecular weight is 329 g/mol. The number of carbonyl (C=O) groups excluding carboxylic acids is 1. The normalized spacial score (nSPS) is 40.8. The number of benzene rings is 1. The van der Waals surface area contributed by atoms with E-state index in [1.54, 1.807) is 9.80 Å². The molecule has 3 nitrogen and oxygen atoms in total. The Labute approximate surface area is 146 Å². The van der Waals surface area contributed by atoms with E-state index in [4.69, 9.17) is 0 Å². The first kappa shape index (κ1) is 16.3. The van der Waals surface area contributed by atoms with Gasteiger partial charge in [0.25, 0.3) is 0 Å². The molecule has 0 radical (unpaired) electrons. The number of nitrogens with one attached hydrogen (secondary N) is 2. The first-order chi connectivity index (χ1) is 11.3. The maximum absolute atomic E-state index is 13.6. The van der Waals surface area contributed by atoms with Crippen LogP contribution in [-0.4, -0.2) is 32.0 Å². The SMILES string of the molecule is Cc1cccc(C2[NH+]3CC4(C(C)C)C[NH+]2CC(C(C)C)(C3)C4=O)c1. The number of hydrogen-bond acceptors (Lipinski definition) is 1. The van der Waals surface area contributed by atoms with Gasteiger partial charge in [0, 0.05) is 0 Å². The van der Waals surface area contributed by atoms with E-state index in [1.807, 2.05) is 0 Å². The number of Topliss-reactive ketones (excluding diaryl/α,β-unsaturated/α-hetero) is 1. The van der Waals surface area contributed by atoms with E-state index in [0.717, 1.165) is 26.2 Å². The van der Waals surface area contributed by atoms with Gasteiger partial charge in [-0.2, -0.15) is 0 Å². The lowest BCUT2D eigenvalue weighted by atomic mass is 9.53. The standard InChI is InChI=1S/C21H30N2O/c1-14(2)20-10-22-12-21(15(3)4,19(20)24)13-23(11-20)18(22)17-8-6-7-16(5)9-17/h6-9,14-15,18H,10-13H2,1-5H3/p+2. The minimum absolute atomic E-state index is 0.105. The van der Waals surface area contributed by atoms with Crippen molar-refractivity contribution in [1.29, 1.82) is 0 Å². The van der Waals surface area contributed by atoms with Crippen LogP contribution in [0, 0.1) is 29.6 Å². The van der Waals surface area contributed by atoms with Crippen molar-refractivity contribution in [2.45, 2.75) is 40.8 Å². The molecule has 0 spiro atoms. The summed E-state index contributed by atoms with van der Waals surface area (Å²) in [4.78, 5) is 16.9. The maximum atomic E-state index is 13.6. The zero-order chi connectivity index (χ0) is 17.3. The summed E-state index contributed by atoms with van der Waals surface area (Å²) < 4.78 is 0. The van der Waals surface area contributed by atoms with Gasteiger partial charge in [0.2, 0.25) is 6.17 Å². The van der Waals surface area contributed by atoms with Crippen LogP contribution >= 0.6 is 0 Å². The number of ketones is 1. The summed E-state index contributed by atoms with van der Waals surface area (Å²) >= 11 is 0. The minimum atomic E-state index is -0.105. The van der Waals surface area contributed by atoms with Crippen LogP contribution in [0.15, 0.2) is 24.3 Å². The Bertz CT molecular complexity index is 632. The monoisotopic (exact) mass is 328 g/mol. The Balaban J connectivity index is 1.79. The second-order valence-electron chi connectivity index (χ2n) is 9.32. The zero-order valence-corrected chi connectivity index (χ0v) is 15.8. The number of carbonyl (C=O) groups is 1. The number of aryl methyl sites for hydroxylation is 1. The topological polar surface area (TPSA) is 26.0 Å². The predicted molar refractivity (Wildman–Crippen MR) is 94.9 cm³/mol. The number of hydrogen-bond donors (Lipinski definition) is 2. The third-order valence-electron chi connectivity index (χ3n) is 7.48. The molecule has 0 aliphatic carbocycles. The summed E-state index contributed by atoms with van der Waals surface area (Å²) in [6.07, 6.45) is 0.511. The number of rotatable bonds is 3. The molecule has 0 atom stereocenters. The Hall–Kier alpha value is -1.19. The van der Waals surface area contributed by atoms with Crippen molar-refractivity contribution in [2.75, 3.05) is 26.2 Å². The lowest BCUT2D eigenvalue weighted by molar-refractivity contribution is -1.18. The van der Waals surface area contributed by atoms with E-state index in [-0.39, 0.29) is 10.8 Å². The molecule has 4 aliphatic rings. The maximum Gasteiger partial charge on any atom is 0.240 e. The summed E-state index contributed by atoms with van der Waals surface area (Å²) in [5, 5.41) is 0. The molecule has 1 aromatic rings. The van der Waals surface area contributed by atoms with Gasteiger partial charge in [-0.1, -0.05) is 45.4 Å². The fourth-order valence-corrected chi connectivity index (χ4v) is 6.05. The molecule has 24 heavy (non-hydrogen) atoms. The van der Waals surface area contributed by atoms with Gasteiger partial charge in [0.05, 0.1) is 5.56 Å². The molecule has 4 fully saturated rings. The van der Waals surface area contributed by atoms with Crippen LogP contribution in [0.1, 0.15) is 45.0 Å². The van der Waals surface area contributed by atoms with Crippen LogP contribution < -0.4 is 9.80 Å². The third-order valence-corrected chi connectivity index (χ3v) is 7.48. The summed E-state index contributed by atoms with van der Waals surface area (Å²) in [5.74, 6) is 1.47. The van der Waals surface area contributed by atoms with Crippen LogP contribution in [0.3, 0.4) is 0 Å². The lowest BCUT2D eigenvalue weighted by Crippen LogP contribution is -3.41. The van der Waals surface area contributed by atoms with Gasteiger partial charge in [0.1, 0.15) is 37.0 Å². The van der Waals surface area contributed by atoms with Crippen LogP contribution in [0.2, 0.25) is 0 Å². The number of quaternary nitrogens is 2. The largest absolute Gasteiger partial charge is 0.297 e. The van der Waals surface area contributed by atoms with Gasteiger partial charge >= 0.3 is 0 Å². The van der Waals surface area contributed by atoms with Crippen molar-refractivity contribution in [3.8, 4) is 0 Å². The van der Waals surface area contributed by atoms with Crippen molar-refractivity contribution in [2.24, 2.45) is 22.7 Å². The van der Waals surface area contributed by atoms with Crippen molar-refractivity contribution in [1.82, 2.24) is 0 Å². The first-order valence-electron chi connectivity index (χ1n) is 9.61. The van der Waals surface area contributed by atoms with E-state index in [1.165, 1.54) is 11.1 Å². The molecule has 4 bridgehead atoms. The highest BCUT2D eigenvalue weighted by atomic mass is 16.1. The van der Waals surface area contributed by atoms with Gasteiger partial charge in [0.15, 0.2) is 5.78 Å². The molecule has 3 heteroatoms. The van der Waals surface area contributed by atoms with Gasteiger partial charge in [-0.25, -0.2) is 0 Å². The quantitative estimate of drug-likeness (QED) is 0.838. The summed E-state index contributed by atoms with van der Waals surface area (Å²) in [7, 11) is 0. The molecule has 130 valence electrons. The molecule has 4 heterocycles. The molecule has 0 aromatic heterocycles. The van der Waals surface area contributed by atoms with Gasteiger partial charge in [-0.15, -0.1) is 0 Å². The molecule has 2 N–H and O–H groups in total. The molecule has 4 saturated heterocycles. The molecular weight excluding hydrogens is 296 g/mol. The van der Waals surface area contributed by atoms with Crippen molar-refractivity contribution >= 4 is 5.78 Å². The highest BCUT2D eigenvalue weighted by Crippen LogP contribution is 2.44. The molecular formula is C21H32N2O+2. The van der Waals surface area contributed by atoms with Gasteiger partial charge in [-0.05, 0) is 30.9 Å². The van der Waals surface area contributed by atoms with Gasteiger partial charge < -0.3 is 0 Å². The fourth-order valence-electron chi connectivity index (χ4n) is 6.05. The van der Waals surface area contributed by atoms with Gasteiger partial charge in [-0.3, -0.25) is 14.6 Å². The first-order valence-corrected chi connectivity index (χ1v) is 9.61. The molecule has 0 amide bonds. The molecule has 4 aliphatic heterocycles. The Morgan fingerprint density at radius 1 is 0.958 bits per heavy atom. The molecule has 5 rings (SSSR count). The van der Waals surface area contributed by atoms with Crippen LogP contribution in [0.5, 0.6) is 0 Å². The summed E-state index contributed by atoms with van der Waals surface area (Å²) in [6, 6.07) is 9.03. The number of piperidine rings is 2. The van der Waals surface area contributed by atoms with E-state index < -0.39 is 0 Å². The van der Waals surface area contributed by atoms with Crippen molar-refractivity contribution in [3.63, 3.8) is 0 Å². The highest BCUT2D eigenvalue weighted by molar-refractivity contribution is 5.92. The summed E-state index contributed by atoms with van der Waals surface area (Å²) in [5.41, 5.74) is 2.59. The average Bonchev–Trinajstić information content (AvgIpc) is 2.50. The van der Waals surface area contributed by atoms with E-state index in [9.17, 15) is 4.79 Å². The molecule has 0 unspecified atom stereocenters. The lowest BCUT2D eigenvalue weighted by Gasteiger charge is -2.62. The van der Waals surface area contributed by atoms with E-state index in [2.05, 4.69) is 58.9 Å². The second-order valence-corrected chi connectivity index (χ2v) is 9.32. The van der Waals surface area contributed by atoms with E-state index >= 15 is 0 Å². The Morgan fingerprint density at radius 3 is 1.88 bits per heavy atom. The molecule has 1 aromatic carbocycles. The Kier molecular flexibility index (Phi) is 3.50.